The Morgan fingerprint density at radius 3 is 1.11 bits per heavy atom. The Balaban J connectivity index is 0.00000184. The average molecular weight is 670 g/mol. The molecule has 0 aliphatic carbocycles. The summed E-state index contributed by atoms with van der Waals surface area (Å²) in [6, 6.07) is 36.0. The van der Waals surface area contributed by atoms with Gasteiger partial charge in [-0.05, 0) is 97.5 Å². The number of aromatic hydroxyl groups is 2. The topological polar surface area (TPSA) is 66.2 Å². The smallest absolute Gasteiger partial charge is 0.507 e. The maximum atomic E-state index is 10.9. The number of pyridine rings is 2. The summed E-state index contributed by atoms with van der Waals surface area (Å²) in [6.45, 7) is 7.92. The van der Waals surface area contributed by atoms with Crippen molar-refractivity contribution in [2.75, 3.05) is 0 Å². The Kier molecular flexibility index (Phi) is 11.4. The first-order valence-electron chi connectivity index (χ1n) is 14.0. The molecule has 0 unspecified atom stereocenters. The molecule has 0 amide bonds. The maximum Gasteiger partial charge on any atom is 2.00 e. The summed E-state index contributed by atoms with van der Waals surface area (Å²) in [5.74, 6) is 0.569. The van der Waals surface area contributed by atoms with Gasteiger partial charge in [0, 0.05) is 22.3 Å². The summed E-state index contributed by atoms with van der Waals surface area (Å²) in [6.07, 6.45) is 0. The van der Waals surface area contributed by atoms with Crippen molar-refractivity contribution in [1.82, 2.24) is 9.97 Å². The second kappa shape index (κ2) is 14.6. The van der Waals surface area contributed by atoms with Gasteiger partial charge in [-0.25, -0.2) is 9.97 Å². The molecule has 0 bridgehead atoms. The van der Waals surface area contributed by atoms with E-state index in [1.165, 1.54) is 0 Å². The van der Waals surface area contributed by atoms with E-state index in [1.54, 1.807) is 0 Å². The predicted molar refractivity (Wildman–Crippen MR) is 184 cm³/mol. The summed E-state index contributed by atoms with van der Waals surface area (Å²) in [5.41, 5.74) is 12.3. The zero-order chi connectivity index (χ0) is 29.4. The number of nitrogens with zero attached hydrogens (tertiary/aromatic N) is 2. The van der Waals surface area contributed by atoms with Gasteiger partial charge in [-0.3, -0.25) is 0 Å². The number of aryl methyl sites for hydroxylation is 4. The van der Waals surface area contributed by atoms with Crippen LogP contribution >= 0.6 is 0 Å². The van der Waals surface area contributed by atoms with Crippen molar-refractivity contribution in [3.05, 3.63) is 146 Å². The van der Waals surface area contributed by atoms with E-state index in [4.69, 9.17) is 9.97 Å². The molecule has 224 valence electrons. The number of hydrogen-bond donors (Lipinski definition) is 2. The molecule has 45 heavy (non-hydrogen) atoms. The largest absolute Gasteiger partial charge is 2.00 e. The first-order valence-corrected chi connectivity index (χ1v) is 14.0. The second-order valence-electron chi connectivity index (χ2n) is 10.9. The van der Waals surface area contributed by atoms with Crippen molar-refractivity contribution >= 4 is 0 Å². The minimum absolute atomic E-state index is 0. The van der Waals surface area contributed by atoms with Crippen molar-refractivity contribution in [2.24, 2.45) is 0 Å². The number of phenolic OH excluding ortho intramolecular Hbond substituents is 2. The van der Waals surface area contributed by atoms with Crippen molar-refractivity contribution in [2.45, 2.75) is 27.7 Å². The molecule has 0 aliphatic heterocycles. The molecule has 0 saturated carbocycles. The summed E-state index contributed by atoms with van der Waals surface area (Å²) < 4.78 is 0. The second-order valence-corrected chi connectivity index (χ2v) is 10.9. The van der Waals surface area contributed by atoms with Gasteiger partial charge in [0.05, 0.1) is 22.8 Å². The molecule has 0 radical (unpaired) electrons. The molecule has 6 rings (SSSR count). The first kappa shape index (κ1) is 35.1. The molecule has 2 aromatic heterocycles. The van der Waals surface area contributed by atoms with E-state index in [9.17, 15) is 10.2 Å². The van der Waals surface area contributed by atoms with Gasteiger partial charge >= 0.3 is 26.2 Å². The monoisotopic (exact) mass is 668 g/mol. The molecule has 6 aromatic rings. The Labute approximate surface area is 286 Å². The van der Waals surface area contributed by atoms with Gasteiger partial charge in [-0.2, -0.15) is 0 Å². The standard InChI is InChI=1S/C38H32N2O2.2CH3.Zr/c1-23-19-25(3)37(41)31(21-23)27-11-5-7-13-29(27)33-15-9-17-35(39-33)36-18-10-16-34(40-36)30-14-8-6-12-28(30)32-22-24(2)20-26(4)38(32)42;;;/h5-22,41-42H,1-4H3;2*1H3;/q;2*-1;+2. The van der Waals surface area contributed by atoms with Gasteiger partial charge in [-0.1, -0.05) is 72.8 Å². The fourth-order valence-electron chi connectivity index (χ4n) is 5.67. The van der Waals surface area contributed by atoms with Crippen LogP contribution in [0, 0.1) is 42.5 Å². The Bertz CT molecular complexity index is 1820. The summed E-state index contributed by atoms with van der Waals surface area (Å²) in [4.78, 5) is 10.1. The molecular formula is C40H38N2O2Zr. The van der Waals surface area contributed by atoms with E-state index in [-0.39, 0.29) is 52.6 Å². The van der Waals surface area contributed by atoms with Crippen LogP contribution in [0.3, 0.4) is 0 Å². The van der Waals surface area contributed by atoms with Crippen LogP contribution in [0.2, 0.25) is 0 Å². The fourth-order valence-corrected chi connectivity index (χ4v) is 5.67. The Morgan fingerprint density at radius 2 is 0.733 bits per heavy atom. The van der Waals surface area contributed by atoms with Gasteiger partial charge < -0.3 is 25.1 Å². The number of benzene rings is 4. The molecule has 5 heteroatoms. The van der Waals surface area contributed by atoms with Crippen molar-refractivity contribution in [3.63, 3.8) is 0 Å². The van der Waals surface area contributed by atoms with Crippen LogP contribution < -0.4 is 0 Å². The van der Waals surface area contributed by atoms with Crippen LogP contribution in [0.1, 0.15) is 22.3 Å². The third-order valence-electron chi connectivity index (χ3n) is 7.64. The molecular weight excluding hydrogens is 632 g/mol. The van der Waals surface area contributed by atoms with Crippen molar-refractivity contribution < 1.29 is 36.4 Å². The van der Waals surface area contributed by atoms with Crippen LogP contribution in [0.5, 0.6) is 11.5 Å². The van der Waals surface area contributed by atoms with E-state index in [1.807, 2.05) is 137 Å². The number of hydrogen-bond acceptors (Lipinski definition) is 4. The third kappa shape index (κ3) is 7.00. The van der Waals surface area contributed by atoms with Gasteiger partial charge in [0.15, 0.2) is 0 Å². The minimum atomic E-state index is 0. The molecule has 0 atom stereocenters. The molecule has 4 nitrogen and oxygen atoms in total. The van der Waals surface area contributed by atoms with Crippen LogP contribution in [0.25, 0.3) is 56.2 Å². The summed E-state index contributed by atoms with van der Waals surface area (Å²) >= 11 is 0. The molecule has 0 aliphatic rings. The number of phenols is 2. The van der Waals surface area contributed by atoms with Crippen molar-refractivity contribution in [1.29, 1.82) is 0 Å². The van der Waals surface area contributed by atoms with Gasteiger partial charge in [0.2, 0.25) is 0 Å². The van der Waals surface area contributed by atoms with Gasteiger partial charge in [0.25, 0.3) is 0 Å². The quantitative estimate of drug-likeness (QED) is 0.179. The van der Waals surface area contributed by atoms with Crippen molar-refractivity contribution in [3.8, 4) is 67.7 Å². The molecule has 0 fully saturated rings. The fraction of sp³-hybridized carbons (Fsp3) is 0.100. The normalized spacial score (nSPS) is 10.3. The summed E-state index contributed by atoms with van der Waals surface area (Å²) in [7, 11) is 0. The van der Waals surface area contributed by atoms with Crippen LogP contribution in [0.4, 0.5) is 0 Å². The van der Waals surface area contributed by atoms with Crippen LogP contribution in [-0.2, 0) is 26.2 Å². The SMILES string of the molecule is Cc1cc(C)c(O)c(-c2ccccc2-c2cccc(-c3cccc(-c4ccccc4-c4cc(C)cc(C)c4O)n3)n2)c1.[CH3-].[CH3-].[Zr+2]. The molecule has 2 heterocycles. The zero-order valence-electron chi connectivity index (χ0n) is 26.7. The van der Waals surface area contributed by atoms with Gasteiger partial charge in [0.1, 0.15) is 11.5 Å². The number of aromatic nitrogens is 2. The van der Waals surface area contributed by atoms with E-state index >= 15 is 0 Å². The number of rotatable bonds is 5. The van der Waals surface area contributed by atoms with E-state index in [0.29, 0.717) is 0 Å². The zero-order valence-corrected chi connectivity index (χ0v) is 29.1. The van der Waals surface area contributed by atoms with Crippen LogP contribution in [0.15, 0.2) is 109 Å². The van der Waals surface area contributed by atoms with E-state index < -0.39 is 0 Å². The van der Waals surface area contributed by atoms with Crippen LogP contribution in [-0.4, -0.2) is 20.2 Å². The minimum Gasteiger partial charge on any atom is -0.507 e. The predicted octanol–water partition coefficient (Wildman–Crippen LogP) is 10.4. The van der Waals surface area contributed by atoms with E-state index in [2.05, 4.69) is 0 Å². The Morgan fingerprint density at radius 1 is 0.400 bits per heavy atom. The molecule has 2 N–H and O–H groups in total. The molecule has 4 aromatic carbocycles. The van der Waals surface area contributed by atoms with E-state index in [0.717, 1.165) is 78.4 Å². The first-order chi connectivity index (χ1) is 20.3. The summed E-state index contributed by atoms with van der Waals surface area (Å²) in [5, 5.41) is 21.8. The molecule has 0 spiro atoms. The van der Waals surface area contributed by atoms with Gasteiger partial charge in [-0.15, -0.1) is 0 Å². The third-order valence-corrected chi connectivity index (χ3v) is 7.64. The Hall–Kier alpha value is -4.34. The maximum absolute atomic E-state index is 10.9. The average Bonchev–Trinajstić information content (AvgIpc) is 3.01. The molecule has 0 saturated heterocycles.